The Morgan fingerprint density at radius 2 is 1.91 bits per heavy atom. The molecule has 1 aliphatic heterocycles. The average Bonchev–Trinajstić information content (AvgIpc) is 2.58. The number of nitrogens with zero attached hydrogens (tertiary/aromatic N) is 2. The first-order valence-electron chi connectivity index (χ1n) is 7.55. The van der Waals surface area contributed by atoms with Crippen LogP contribution in [0.3, 0.4) is 0 Å². The van der Waals surface area contributed by atoms with Crippen LogP contribution < -0.4 is 15.4 Å². The zero-order valence-corrected chi connectivity index (χ0v) is 12.6. The highest BCUT2D eigenvalue weighted by molar-refractivity contribution is 5.93. The Morgan fingerprint density at radius 1 is 1.22 bits per heavy atom. The number of aromatic nitrogens is 1. The predicted octanol–water partition coefficient (Wildman–Crippen LogP) is 2.37. The Hall–Kier alpha value is -2.63. The number of piperidine rings is 1. The van der Waals surface area contributed by atoms with Crippen molar-refractivity contribution in [3.8, 4) is 5.75 Å². The smallest absolute Gasteiger partial charge is 0.248 e. The van der Waals surface area contributed by atoms with E-state index in [1.165, 1.54) is 12.1 Å². The van der Waals surface area contributed by atoms with Gasteiger partial charge >= 0.3 is 0 Å². The third-order valence-corrected chi connectivity index (χ3v) is 3.91. The minimum atomic E-state index is -0.455. The Balaban J connectivity index is 1.59. The fourth-order valence-electron chi connectivity index (χ4n) is 2.65. The van der Waals surface area contributed by atoms with E-state index in [4.69, 9.17) is 10.5 Å². The highest BCUT2D eigenvalue weighted by Crippen LogP contribution is 2.22. The van der Waals surface area contributed by atoms with E-state index >= 15 is 0 Å². The van der Waals surface area contributed by atoms with Crippen molar-refractivity contribution in [1.82, 2.24) is 4.98 Å². The number of rotatable bonds is 4. The lowest BCUT2D eigenvalue weighted by molar-refractivity contribution is 0.1000. The molecular weight excluding hydrogens is 297 g/mol. The molecule has 1 fully saturated rings. The molecule has 2 heterocycles. The number of hydrogen-bond donors (Lipinski definition) is 1. The van der Waals surface area contributed by atoms with E-state index in [0.717, 1.165) is 31.7 Å². The van der Waals surface area contributed by atoms with Crippen molar-refractivity contribution in [3.05, 3.63) is 54.0 Å². The molecule has 1 aromatic heterocycles. The molecule has 2 N–H and O–H groups in total. The first-order chi connectivity index (χ1) is 11.1. The van der Waals surface area contributed by atoms with Crippen LogP contribution in [0.5, 0.6) is 5.75 Å². The number of primary amides is 1. The van der Waals surface area contributed by atoms with Crippen LogP contribution in [0, 0.1) is 5.82 Å². The molecule has 0 spiro atoms. The molecule has 5 nitrogen and oxygen atoms in total. The molecule has 120 valence electrons. The molecule has 0 saturated carbocycles. The molecule has 0 atom stereocenters. The molecule has 1 aromatic carbocycles. The minimum Gasteiger partial charge on any atom is -0.490 e. The van der Waals surface area contributed by atoms with Crippen molar-refractivity contribution < 1.29 is 13.9 Å². The molecule has 0 unspecified atom stereocenters. The summed E-state index contributed by atoms with van der Waals surface area (Å²) in [5.74, 6) is 0.705. The number of ether oxygens (including phenoxy) is 1. The van der Waals surface area contributed by atoms with Gasteiger partial charge in [-0.25, -0.2) is 9.37 Å². The summed E-state index contributed by atoms with van der Waals surface area (Å²) in [7, 11) is 0. The largest absolute Gasteiger partial charge is 0.490 e. The fourth-order valence-corrected chi connectivity index (χ4v) is 2.65. The van der Waals surface area contributed by atoms with Gasteiger partial charge in [-0.1, -0.05) is 0 Å². The van der Waals surface area contributed by atoms with Crippen LogP contribution in [0.15, 0.2) is 42.6 Å². The molecule has 23 heavy (non-hydrogen) atoms. The average molecular weight is 315 g/mol. The van der Waals surface area contributed by atoms with E-state index in [9.17, 15) is 9.18 Å². The van der Waals surface area contributed by atoms with Crippen LogP contribution in [0.25, 0.3) is 0 Å². The van der Waals surface area contributed by atoms with E-state index in [1.54, 1.807) is 30.5 Å². The van der Waals surface area contributed by atoms with Gasteiger partial charge in [0, 0.05) is 37.7 Å². The second-order valence-corrected chi connectivity index (χ2v) is 5.53. The van der Waals surface area contributed by atoms with Gasteiger partial charge in [-0.05, 0) is 36.4 Å². The van der Waals surface area contributed by atoms with Crippen LogP contribution >= 0.6 is 0 Å². The highest BCUT2D eigenvalue weighted by Gasteiger charge is 2.22. The quantitative estimate of drug-likeness (QED) is 0.940. The van der Waals surface area contributed by atoms with Crippen molar-refractivity contribution in [2.75, 3.05) is 18.0 Å². The van der Waals surface area contributed by atoms with Gasteiger partial charge in [-0.15, -0.1) is 0 Å². The van der Waals surface area contributed by atoms with E-state index in [0.29, 0.717) is 11.3 Å². The van der Waals surface area contributed by atoms with Gasteiger partial charge < -0.3 is 15.4 Å². The molecule has 0 aliphatic carbocycles. The summed E-state index contributed by atoms with van der Waals surface area (Å²) in [6, 6.07) is 9.38. The lowest BCUT2D eigenvalue weighted by atomic mass is 10.1. The van der Waals surface area contributed by atoms with Crippen LogP contribution in [-0.4, -0.2) is 30.1 Å². The first kappa shape index (κ1) is 15.3. The number of nitrogens with two attached hydrogens (primary N) is 1. The standard InChI is InChI=1S/C17H18FN3O2/c18-13-1-3-14(4-2-13)23-15-6-9-21(10-7-15)16-11-12(17(19)22)5-8-20-16/h1-5,8,11,15H,6-7,9-10H2,(H2,19,22). The fraction of sp³-hybridized carbons (Fsp3) is 0.294. The summed E-state index contributed by atoms with van der Waals surface area (Å²) < 4.78 is 18.8. The maximum absolute atomic E-state index is 12.9. The molecular formula is C17H18FN3O2. The Labute approximate surface area is 133 Å². The van der Waals surface area contributed by atoms with Crippen molar-refractivity contribution >= 4 is 11.7 Å². The van der Waals surface area contributed by atoms with Gasteiger partial charge in [0.15, 0.2) is 0 Å². The molecule has 1 aliphatic rings. The molecule has 2 aromatic rings. The van der Waals surface area contributed by atoms with E-state index in [2.05, 4.69) is 9.88 Å². The normalized spacial score (nSPS) is 15.4. The van der Waals surface area contributed by atoms with Crippen LogP contribution in [-0.2, 0) is 0 Å². The van der Waals surface area contributed by atoms with Crippen molar-refractivity contribution in [2.24, 2.45) is 5.73 Å². The van der Waals surface area contributed by atoms with Crippen LogP contribution in [0.2, 0.25) is 0 Å². The number of anilines is 1. The molecule has 0 radical (unpaired) electrons. The van der Waals surface area contributed by atoms with Gasteiger partial charge in [-0.3, -0.25) is 4.79 Å². The van der Waals surface area contributed by atoms with Crippen LogP contribution in [0.4, 0.5) is 10.2 Å². The third kappa shape index (κ3) is 3.77. The van der Waals surface area contributed by atoms with Crippen molar-refractivity contribution in [2.45, 2.75) is 18.9 Å². The number of carbonyl (C=O) groups is 1. The third-order valence-electron chi connectivity index (χ3n) is 3.91. The number of benzene rings is 1. The number of hydrogen-bond acceptors (Lipinski definition) is 4. The van der Waals surface area contributed by atoms with E-state index < -0.39 is 5.91 Å². The summed E-state index contributed by atoms with van der Waals surface area (Å²) in [4.78, 5) is 17.7. The predicted molar refractivity (Wildman–Crippen MR) is 85.0 cm³/mol. The van der Waals surface area contributed by atoms with Gasteiger partial charge in [0.1, 0.15) is 23.5 Å². The zero-order valence-electron chi connectivity index (χ0n) is 12.6. The molecule has 6 heteroatoms. The number of carbonyl (C=O) groups excluding carboxylic acids is 1. The molecule has 0 bridgehead atoms. The van der Waals surface area contributed by atoms with Crippen LogP contribution in [0.1, 0.15) is 23.2 Å². The summed E-state index contributed by atoms with van der Waals surface area (Å²) in [6.45, 7) is 1.56. The maximum atomic E-state index is 12.9. The second-order valence-electron chi connectivity index (χ2n) is 5.53. The van der Waals surface area contributed by atoms with Gasteiger partial charge in [0.05, 0.1) is 0 Å². The molecule has 1 amide bonds. The van der Waals surface area contributed by atoms with Crippen molar-refractivity contribution in [1.29, 1.82) is 0 Å². The minimum absolute atomic E-state index is 0.0936. The lowest BCUT2D eigenvalue weighted by Crippen LogP contribution is -2.38. The number of halogens is 1. The summed E-state index contributed by atoms with van der Waals surface area (Å²) in [5.41, 5.74) is 5.76. The molecule has 3 rings (SSSR count). The summed E-state index contributed by atoms with van der Waals surface area (Å²) >= 11 is 0. The van der Waals surface area contributed by atoms with Gasteiger partial charge in [0.2, 0.25) is 5.91 Å². The van der Waals surface area contributed by atoms with E-state index in [1.807, 2.05) is 0 Å². The highest BCUT2D eigenvalue weighted by atomic mass is 19.1. The Morgan fingerprint density at radius 3 is 2.57 bits per heavy atom. The summed E-state index contributed by atoms with van der Waals surface area (Å²) in [6.07, 6.45) is 3.35. The summed E-state index contributed by atoms with van der Waals surface area (Å²) in [5, 5.41) is 0. The SMILES string of the molecule is NC(=O)c1ccnc(N2CCC(Oc3ccc(F)cc3)CC2)c1. The number of pyridine rings is 1. The lowest BCUT2D eigenvalue weighted by Gasteiger charge is -2.33. The van der Waals surface area contributed by atoms with E-state index in [-0.39, 0.29) is 11.9 Å². The number of amides is 1. The molecule has 1 saturated heterocycles. The topological polar surface area (TPSA) is 68.5 Å². The monoisotopic (exact) mass is 315 g/mol. The van der Waals surface area contributed by atoms with Gasteiger partial charge in [0.25, 0.3) is 0 Å². The Bertz CT molecular complexity index is 682. The zero-order chi connectivity index (χ0) is 16.2. The van der Waals surface area contributed by atoms with Gasteiger partial charge in [-0.2, -0.15) is 0 Å². The first-order valence-corrected chi connectivity index (χ1v) is 7.55. The Kier molecular flexibility index (Phi) is 4.41. The van der Waals surface area contributed by atoms with Crippen molar-refractivity contribution in [3.63, 3.8) is 0 Å². The maximum Gasteiger partial charge on any atom is 0.248 e. The second kappa shape index (κ2) is 6.64.